The average Bonchev–Trinajstić information content (AvgIpc) is 2.58. The Labute approximate surface area is 124 Å². The smallest absolute Gasteiger partial charge is 0.410 e. The molecule has 1 N–H and O–H groups in total. The maximum atomic E-state index is 12.0. The van der Waals surface area contributed by atoms with Crippen LogP contribution in [0, 0.1) is 11.8 Å². The van der Waals surface area contributed by atoms with Gasteiger partial charge in [-0.15, -0.1) is 0 Å². The van der Waals surface area contributed by atoms with Crippen molar-refractivity contribution in [3.8, 4) is 0 Å². The first-order valence-corrected chi connectivity index (χ1v) is 6.94. The molecule has 120 valence electrons. The van der Waals surface area contributed by atoms with Crippen molar-refractivity contribution in [3.05, 3.63) is 0 Å². The second-order valence-corrected chi connectivity index (χ2v) is 6.12. The van der Waals surface area contributed by atoms with E-state index in [0.717, 1.165) is 0 Å². The number of carboxylic acids is 1. The van der Waals surface area contributed by atoms with Crippen LogP contribution in [-0.2, 0) is 19.1 Å². The van der Waals surface area contributed by atoms with E-state index in [9.17, 15) is 19.5 Å². The van der Waals surface area contributed by atoms with Crippen LogP contribution in [-0.4, -0.2) is 53.8 Å². The van der Waals surface area contributed by atoms with Crippen LogP contribution in [0.25, 0.3) is 0 Å². The molecule has 1 saturated heterocycles. The van der Waals surface area contributed by atoms with Gasteiger partial charge in [-0.25, -0.2) is 4.79 Å². The first kappa shape index (κ1) is 17.3. The van der Waals surface area contributed by atoms with Crippen molar-refractivity contribution >= 4 is 18.0 Å². The Bertz CT molecular complexity index is 414. The van der Waals surface area contributed by atoms with Gasteiger partial charge in [-0.05, 0) is 33.6 Å². The Morgan fingerprint density at radius 3 is 2.05 bits per heavy atom. The number of likely N-dealkylation sites (tertiary alicyclic amines) is 1. The molecular formula is C14H23NO6. The summed E-state index contributed by atoms with van der Waals surface area (Å²) >= 11 is 0. The van der Waals surface area contributed by atoms with Gasteiger partial charge in [0.2, 0.25) is 0 Å². The van der Waals surface area contributed by atoms with Crippen LogP contribution in [0.2, 0.25) is 0 Å². The number of carboxylic acid groups (broad SMARTS) is 1. The van der Waals surface area contributed by atoms with E-state index in [4.69, 9.17) is 4.74 Å². The third-order valence-electron chi connectivity index (χ3n) is 3.38. The highest BCUT2D eigenvalue weighted by Gasteiger charge is 2.38. The van der Waals surface area contributed by atoms with Crippen molar-refractivity contribution < 1.29 is 29.0 Å². The molecule has 2 atom stereocenters. The lowest BCUT2D eigenvalue weighted by molar-refractivity contribution is -0.155. The molecule has 0 aliphatic carbocycles. The predicted molar refractivity (Wildman–Crippen MR) is 73.7 cm³/mol. The fourth-order valence-electron chi connectivity index (χ4n) is 2.34. The summed E-state index contributed by atoms with van der Waals surface area (Å²) < 4.78 is 9.94. The van der Waals surface area contributed by atoms with Gasteiger partial charge in [-0.3, -0.25) is 9.59 Å². The van der Waals surface area contributed by atoms with Gasteiger partial charge in [0.1, 0.15) is 5.60 Å². The Kier molecular flexibility index (Phi) is 5.57. The fourth-order valence-corrected chi connectivity index (χ4v) is 2.34. The van der Waals surface area contributed by atoms with Crippen LogP contribution < -0.4 is 0 Å². The van der Waals surface area contributed by atoms with Gasteiger partial charge in [-0.2, -0.15) is 0 Å². The Morgan fingerprint density at radius 2 is 1.62 bits per heavy atom. The molecule has 1 amide bonds. The summed E-state index contributed by atoms with van der Waals surface area (Å²) in [4.78, 5) is 36.5. The highest BCUT2D eigenvalue weighted by atomic mass is 16.6. The summed E-state index contributed by atoms with van der Waals surface area (Å²) in [7, 11) is 1.23. The Balaban J connectivity index is 2.79. The number of ether oxygens (including phenoxy) is 2. The summed E-state index contributed by atoms with van der Waals surface area (Å²) in [6.07, 6.45) is -0.0332. The molecule has 7 nitrogen and oxygen atoms in total. The molecule has 0 radical (unpaired) electrons. The second-order valence-electron chi connectivity index (χ2n) is 6.12. The molecule has 21 heavy (non-hydrogen) atoms. The number of aliphatic carboxylic acids is 1. The quantitative estimate of drug-likeness (QED) is 0.777. The molecule has 0 aromatic heterocycles. The predicted octanol–water partition coefficient (Wildman–Crippen LogP) is 1.51. The number of hydrogen-bond acceptors (Lipinski definition) is 5. The van der Waals surface area contributed by atoms with Crippen LogP contribution in [0.4, 0.5) is 4.79 Å². The van der Waals surface area contributed by atoms with E-state index in [1.807, 2.05) is 0 Å². The van der Waals surface area contributed by atoms with Crippen molar-refractivity contribution in [1.29, 1.82) is 0 Å². The topological polar surface area (TPSA) is 93.1 Å². The van der Waals surface area contributed by atoms with E-state index < -0.39 is 35.5 Å². The summed E-state index contributed by atoms with van der Waals surface area (Å²) in [6.45, 7) is 5.82. The molecular weight excluding hydrogens is 278 g/mol. The zero-order chi connectivity index (χ0) is 16.2. The molecule has 0 spiro atoms. The van der Waals surface area contributed by atoms with Crippen molar-refractivity contribution in [2.75, 3.05) is 20.2 Å². The number of nitrogens with zero attached hydrogens (tertiary/aromatic N) is 1. The first-order chi connectivity index (χ1) is 9.65. The highest BCUT2D eigenvalue weighted by molar-refractivity contribution is 5.81. The van der Waals surface area contributed by atoms with E-state index in [1.54, 1.807) is 20.8 Å². The lowest BCUT2D eigenvalue weighted by Gasteiger charge is -2.26. The summed E-state index contributed by atoms with van der Waals surface area (Å²) in [5, 5.41) is 9.25. The highest BCUT2D eigenvalue weighted by Crippen LogP contribution is 2.26. The van der Waals surface area contributed by atoms with Gasteiger partial charge in [0.05, 0.1) is 18.9 Å². The molecule has 1 aliphatic rings. The van der Waals surface area contributed by atoms with Crippen LogP contribution in [0.3, 0.4) is 0 Å². The number of rotatable bonds is 2. The van der Waals surface area contributed by atoms with Crippen molar-refractivity contribution in [1.82, 2.24) is 4.90 Å². The van der Waals surface area contributed by atoms with E-state index in [0.29, 0.717) is 0 Å². The zero-order valence-corrected chi connectivity index (χ0v) is 12.9. The van der Waals surface area contributed by atoms with Gasteiger partial charge in [0, 0.05) is 13.1 Å². The molecule has 1 fully saturated rings. The van der Waals surface area contributed by atoms with Crippen molar-refractivity contribution in [3.63, 3.8) is 0 Å². The van der Waals surface area contributed by atoms with Crippen molar-refractivity contribution in [2.24, 2.45) is 11.8 Å². The standard InChI is InChI=1S/C14H23NO6/c1-14(2,3)21-13(19)15-7-5-9(11(16)17)10(6-8-15)12(18)20-4/h9-10H,5-8H2,1-4H3,(H,16,17)/t9-,10+/m1/s1. The number of amides is 1. The third-order valence-corrected chi connectivity index (χ3v) is 3.38. The summed E-state index contributed by atoms with van der Waals surface area (Å²) in [5.41, 5.74) is -0.614. The van der Waals surface area contributed by atoms with Crippen LogP contribution in [0.5, 0.6) is 0 Å². The SMILES string of the molecule is COC(=O)[C@H]1CCN(C(=O)OC(C)(C)C)CC[C@H]1C(=O)O. The molecule has 7 heteroatoms. The number of methoxy groups -OCH3 is 1. The largest absolute Gasteiger partial charge is 0.481 e. The second kappa shape index (κ2) is 6.78. The van der Waals surface area contributed by atoms with E-state index in [1.165, 1.54) is 12.0 Å². The molecule has 0 bridgehead atoms. The van der Waals surface area contributed by atoms with Gasteiger partial charge in [-0.1, -0.05) is 0 Å². The molecule has 0 aromatic rings. The van der Waals surface area contributed by atoms with Crippen molar-refractivity contribution in [2.45, 2.75) is 39.2 Å². The average molecular weight is 301 g/mol. The Hall–Kier alpha value is -1.79. The van der Waals surface area contributed by atoms with Gasteiger partial charge in [0.15, 0.2) is 0 Å². The number of hydrogen-bond donors (Lipinski definition) is 1. The number of esters is 1. The molecule has 1 heterocycles. The molecule has 1 rings (SSSR count). The maximum absolute atomic E-state index is 12.0. The minimum absolute atomic E-state index is 0.203. The van der Waals surface area contributed by atoms with Gasteiger partial charge >= 0.3 is 18.0 Å². The lowest BCUT2D eigenvalue weighted by Crippen LogP contribution is -2.37. The maximum Gasteiger partial charge on any atom is 0.410 e. The minimum atomic E-state index is -1.04. The normalized spacial score (nSPS) is 23.1. The van der Waals surface area contributed by atoms with E-state index in [-0.39, 0.29) is 25.9 Å². The third kappa shape index (κ3) is 4.91. The number of carbonyl (C=O) groups excluding carboxylic acids is 2. The molecule has 0 aromatic carbocycles. The fraction of sp³-hybridized carbons (Fsp3) is 0.786. The van der Waals surface area contributed by atoms with Gasteiger partial charge < -0.3 is 19.5 Å². The summed E-state index contributed by atoms with van der Waals surface area (Å²) in [5.74, 6) is -3.17. The molecule has 0 saturated carbocycles. The summed E-state index contributed by atoms with van der Waals surface area (Å²) in [6, 6.07) is 0. The van der Waals surface area contributed by atoms with Crippen LogP contribution in [0.1, 0.15) is 33.6 Å². The van der Waals surface area contributed by atoms with Crippen LogP contribution in [0.15, 0.2) is 0 Å². The molecule has 0 unspecified atom stereocenters. The minimum Gasteiger partial charge on any atom is -0.481 e. The zero-order valence-electron chi connectivity index (χ0n) is 12.9. The number of carbonyl (C=O) groups is 3. The monoisotopic (exact) mass is 301 g/mol. The van der Waals surface area contributed by atoms with E-state index >= 15 is 0 Å². The first-order valence-electron chi connectivity index (χ1n) is 6.94. The Morgan fingerprint density at radius 1 is 1.10 bits per heavy atom. The molecule has 1 aliphatic heterocycles. The van der Waals surface area contributed by atoms with Crippen LogP contribution >= 0.6 is 0 Å². The van der Waals surface area contributed by atoms with E-state index in [2.05, 4.69) is 4.74 Å². The van der Waals surface area contributed by atoms with Gasteiger partial charge in [0.25, 0.3) is 0 Å². The lowest BCUT2D eigenvalue weighted by atomic mass is 9.88.